The molecule has 0 saturated carbocycles. The first-order valence-corrected chi connectivity index (χ1v) is 4.45. The second kappa shape index (κ2) is 4.15. The van der Waals surface area contributed by atoms with E-state index in [0.717, 1.165) is 12.2 Å². The molecule has 1 rings (SSSR count). The molecule has 0 fully saturated rings. The van der Waals surface area contributed by atoms with Crippen molar-refractivity contribution in [1.82, 2.24) is 0 Å². The molecule has 0 saturated heterocycles. The van der Waals surface area contributed by atoms with Crippen molar-refractivity contribution in [1.29, 1.82) is 0 Å². The van der Waals surface area contributed by atoms with Gasteiger partial charge in [0, 0.05) is 0 Å². The molecule has 0 N–H and O–H groups in total. The summed E-state index contributed by atoms with van der Waals surface area (Å²) in [5, 5.41) is 0. The van der Waals surface area contributed by atoms with Crippen LogP contribution in [0, 0.1) is 6.92 Å². The fourth-order valence-electron chi connectivity index (χ4n) is 0.932. The Morgan fingerprint density at radius 3 is 2.33 bits per heavy atom. The molecule has 0 amide bonds. The summed E-state index contributed by atoms with van der Waals surface area (Å²) in [6, 6.07) is 8.17. The molecule has 12 heavy (non-hydrogen) atoms. The fraction of sp³-hybridized carbons (Fsp3) is 0.455. The number of aryl methyl sites for hydroxylation is 1. The van der Waals surface area contributed by atoms with Crippen LogP contribution in [0.5, 0.6) is 5.75 Å². The summed E-state index contributed by atoms with van der Waals surface area (Å²) in [6.07, 6.45) is 1.36. The smallest absolute Gasteiger partial charge is 0.119 e. The van der Waals surface area contributed by atoms with Gasteiger partial charge in [0.2, 0.25) is 0 Å². The summed E-state index contributed by atoms with van der Waals surface area (Å²) < 4.78 is 5.62. The van der Waals surface area contributed by atoms with Crippen molar-refractivity contribution in [2.24, 2.45) is 0 Å². The van der Waals surface area contributed by atoms with Gasteiger partial charge in [-0.1, -0.05) is 24.6 Å². The number of hydrogen-bond acceptors (Lipinski definition) is 1. The molecule has 0 bridgehead atoms. The molecule has 1 heteroatoms. The minimum absolute atomic E-state index is 0.313. The standard InChI is InChI=1S/C11H16O/c1-4-10(3)12-11-7-5-9(2)6-8-11/h5-8,10H,4H2,1-3H3/t10-/m0/s1. The molecule has 0 radical (unpaired) electrons. The Balaban J connectivity index is 2.58. The SMILES string of the molecule is CC[C@H](C)Oc1ccc(C)cc1. The van der Waals surface area contributed by atoms with Crippen LogP contribution in [0.25, 0.3) is 0 Å². The van der Waals surface area contributed by atoms with Crippen molar-refractivity contribution < 1.29 is 4.74 Å². The molecule has 0 aliphatic carbocycles. The summed E-state index contributed by atoms with van der Waals surface area (Å²) in [6.45, 7) is 6.28. The van der Waals surface area contributed by atoms with E-state index >= 15 is 0 Å². The number of ether oxygens (including phenoxy) is 1. The van der Waals surface area contributed by atoms with Gasteiger partial charge in [0.1, 0.15) is 5.75 Å². The Bertz CT molecular complexity index is 225. The predicted octanol–water partition coefficient (Wildman–Crippen LogP) is 3.17. The van der Waals surface area contributed by atoms with Crippen molar-refractivity contribution >= 4 is 0 Å². The van der Waals surface area contributed by atoms with E-state index in [-0.39, 0.29) is 0 Å². The first-order valence-electron chi connectivity index (χ1n) is 4.45. The van der Waals surface area contributed by atoms with E-state index in [0.29, 0.717) is 6.10 Å². The molecule has 0 aromatic heterocycles. The first-order chi connectivity index (χ1) is 5.72. The Labute approximate surface area is 74.4 Å². The maximum atomic E-state index is 5.62. The second-order valence-electron chi connectivity index (χ2n) is 3.15. The predicted molar refractivity (Wildman–Crippen MR) is 51.6 cm³/mol. The van der Waals surface area contributed by atoms with Gasteiger partial charge in [-0.15, -0.1) is 0 Å². The van der Waals surface area contributed by atoms with Crippen molar-refractivity contribution in [3.63, 3.8) is 0 Å². The van der Waals surface area contributed by atoms with Crippen LogP contribution in [-0.2, 0) is 0 Å². The normalized spacial score (nSPS) is 12.6. The highest BCUT2D eigenvalue weighted by atomic mass is 16.5. The quantitative estimate of drug-likeness (QED) is 0.666. The van der Waals surface area contributed by atoms with Gasteiger partial charge in [-0.3, -0.25) is 0 Å². The minimum atomic E-state index is 0.313. The van der Waals surface area contributed by atoms with E-state index in [9.17, 15) is 0 Å². The number of rotatable bonds is 3. The summed E-state index contributed by atoms with van der Waals surface area (Å²) in [4.78, 5) is 0. The van der Waals surface area contributed by atoms with Crippen LogP contribution in [0.2, 0.25) is 0 Å². The van der Waals surface area contributed by atoms with Gasteiger partial charge in [0.25, 0.3) is 0 Å². The van der Waals surface area contributed by atoms with Crippen LogP contribution < -0.4 is 4.74 Å². The number of benzene rings is 1. The average molecular weight is 164 g/mol. The lowest BCUT2D eigenvalue weighted by molar-refractivity contribution is 0.217. The molecule has 1 aromatic rings. The zero-order chi connectivity index (χ0) is 8.97. The molecule has 66 valence electrons. The molecule has 0 unspecified atom stereocenters. The summed E-state index contributed by atoms with van der Waals surface area (Å²) in [5.74, 6) is 0.968. The van der Waals surface area contributed by atoms with Crippen LogP contribution in [0.4, 0.5) is 0 Å². The largest absolute Gasteiger partial charge is 0.491 e. The highest BCUT2D eigenvalue weighted by Crippen LogP contribution is 2.13. The molecule has 1 nitrogen and oxygen atoms in total. The molecular formula is C11H16O. The van der Waals surface area contributed by atoms with Crippen LogP contribution in [0.3, 0.4) is 0 Å². The zero-order valence-electron chi connectivity index (χ0n) is 8.00. The Kier molecular flexibility index (Phi) is 3.15. The highest BCUT2D eigenvalue weighted by Gasteiger charge is 1.99. The van der Waals surface area contributed by atoms with E-state index in [1.54, 1.807) is 0 Å². The van der Waals surface area contributed by atoms with Crippen LogP contribution in [0.15, 0.2) is 24.3 Å². The Hall–Kier alpha value is -0.980. The third-order valence-corrected chi connectivity index (χ3v) is 1.93. The van der Waals surface area contributed by atoms with Crippen molar-refractivity contribution in [3.8, 4) is 5.75 Å². The van der Waals surface area contributed by atoms with E-state index in [1.165, 1.54) is 5.56 Å². The summed E-state index contributed by atoms with van der Waals surface area (Å²) in [5.41, 5.74) is 1.27. The monoisotopic (exact) mass is 164 g/mol. The highest BCUT2D eigenvalue weighted by molar-refractivity contribution is 5.26. The Morgan fingerprint density at radius 2 is 1.83 bits per heavy atom. The van der Waals surface area contributed by atoms with Gasteiger partial charge < -0.3 is 4.74 Å². The van der Waals surface area contributed by atoms with Gasteiger partial charge in [0.05, 0.1) is 6.10 Å². The lowest BCUT2D eigenvalue weighted by Gasteiger charge is -2.12. The molecular weight excluding hydrogens is 148 g/mol. The molecule has 0 aliphatic heterocycles. The lowest BCUT2D eigenvalue weighted by Crippen LogP contribution is -2.09. The molecule has 1 atom stereocenters. The molecule has 0 spiro atoms. The van der Waals surface area contributed by atoms with Gasteiger partial charge in [-0.2, -0.15) is 0 Å². The molecule has 0 heterocycles. The van der Waals surface area contributed by atoms with Gasteiger partial charge in [-0.25, -0.2) is 0 Å². The third kappa shape index (κ3) is 2.57. The molecule has 1 aromatic carbocycles. The van der Waals surface area contributed by atoms with Crippen molar-refractivity contribution in [2.45, 2.75) is 33.3 Å². The maximum absolute atomic E-state index is 5.62. The Morgan fingerprint density at radius 1 is 1.25 bits per heavy atom. The molecule has 0 aliphatic rings. The summed E-state index contributed by atoms with van der Waals surface area (Å²) in [7, 11) is 0. The van der Waals surface area contributed by atoms with Crippen molar-refractivity contribution in [3.05, 3.63) is 29.8 Å². The van der Waals surface area contributed by atoms with E-state index in [2.05, 4.69) is 32.9 Å². The van der Waals surface area contributed by atoms with Gasteiger partial charge in [-0.05, 0) is 32.4 Å². The fourth-order valence-corrected chi connectivity index (χ4v) is 0.932. The van der Waals surface area contributed by atoms with Crippen molar-refractivity contribution in [2.75, 3.05) is 0 Å². The van der Waals surface area contributed by atoms with Gasteiger partial charge in [0.15, 0.2) is 0 Å². The minimum Gasteiger partial charge on any atom is -0.491 e. The van der Waals surface area contributed by atoms with E-state index in [1.807, 2.05) is 12.1 Å². The third-order valence-electron chi connectivity index (χ3n) is 1.93. The average Bonchev–Trinajstić information content (AvgIpc) is 2.09. The van der Waals surface area contributed by atoms with E-state index in [4.69, 9.17) is 4.74 Å². The maximum Gasteiger partial charge on any atom is 0.119 e. The van der Waals surface area contributed by atoms with Crippen LogP contribution in [0.1, 0.15) is 25.8 Å². The van der Waals surface area contributed by atoms with Gasteiger partial charge >= 0.3 is 0 Å². The van der Waals surface area contributed by atoms with E-state index < -0.39 is 0 Å². The lowest BCUT2D eigenvalue weighted by atomic mass is 10.2. The second-order valence-corrected chi connectivity index (χ2v) is 3.15. The number of hydrogen-bond donors (Lipinski definition) is 0. The first kappa shape index (κ1) is 9.11. The zero-order valence-corrected chi connectivity index (χ0v) is 8.00. The van der Waals surface area contributed by atoms with Crippen LogP contribution >= 0.6 is 0 Å². The topological polar surface area (TPSA) is 9.23 Å². The summed E-state index contributed by atoms with van der Waals surface area (Å²) >= 11 is 0. The van der Waals surface area contributed by atoms with Crippen LogP contribution in [-0.4, -0.2) is 6.10 Å².